The summed E-state index contributed by atoms with van der Waals surface area (Å²) in [4.78, 5) is 28.0. The quantitative estimate of drug-likeness (QED) is 0.192. The molecule has 3 N–H and O–H groups in total. The van der Waals surface area contributed by atoms with E-state index in [9.17, 15) is 24.9 Å². The number of ketones is 1. The third-order valence-electron chi connectivity index (χ3n) is 12.5. The van der Waals surface area contributed by atoms with E-state index in [0.29, 0.717) is 6.42 Å². The number of aliphatic hydroxyl groups is 3. The van der Waals surface area contributed by atoms with Gasteiger partial charge in [0.2, 0.25) is 5.79 Å². The molecule has 0 amide bonds. The van der Waals surface area contributed by atoms with Crippen molar-refractivity contribution in [3.8, 4) is 0 Å². The lowest BCUT2D eigenvalue weighted by Gasteiger charge is -2.50. The SMILES string of the molecule is CCCC=CC=CC=CC1OC(=O)CC2OC(CC(=O)C3(O)OC(CC3C)C1(C)C)CC(OC1OCC(OC)C(OC3OCC(OC)C(O)C3O)C1OC)C2(C)C. The van der Waals surface area contributed by atoms with Gasteiger partial charge < -0.3 is 62.7 Å². The predicted octanol–water partition coefficient (Wildman–Crippen LogP) is 3.30. The van der Waals surface area contributed by atoms with Gasteiger partial charge in [-0.3, -0.25) is 9.59 Å². The van der Waals surface area contributed by atoms with Gasteiger partial charge in [0.05, 0.1) is 44.1 Å². The van der Waals surface area contributed by atoms with Crippen molar-refractivity contribution in [2.24, 2.45) is 16.7 Å². The van der Waals surface area contributed by atoms with Gasteiger partial charge >= 0.3 is 5.97 Å². The number of hydrogen-bond donors (Lipinski definition) is 3. The number of carbonyl (C=O) groups is 2. The molecule has 15 unspecified atom stereocenters. The van der Waals surface area contributed by atoms with Gasteiger partial charge in [-0.15, -0.1) is 0 Å². The number of fused-ring (bicyclic) bond motifs is 4. The molecule has 5 heterocycles. The molecule has 0 saturated carbocycles. The summed E-state index contributed by atoms with van der Waals surface area (Å²) in [6.07, 6.45) is 2.02. The Bertz CT molecular complexity index is 1430. The molecular weight excluding hydrogens is 744 g/mol. The fourth-order valence-corrected chi connectivity index (χ4v) is 8.38. The smallest absolute Gasteiger partial charge is 0.309 e. The molecule has 0 spiro atoms. The summed E-state index contributed by atoms with van der Waals surface area (Å²) in [5.74, 6) is -3.63. The van der Waals surface area contributed by atoms with Crippen molar-refractivity contribution in [2.45, 2.75) is 166 Å². The highest BCUT2D eigenvalue weighted by Crippen LogP contribution is 2.48. The van der Waals surface area contributed by atoms with E-state index in [1.165, 1.54) is 21.3 Å². The Balaban J connectivity index is 1.41. The number of rotatable bonds is 12. The summed E-state index contributed by atoms with van der Waals surface area (Å²) in [5.41, 5.74) is -1.67. The summed E-state index contributed by atoms with van der Waals surface area (Å²) in [6, 6.07) is 0. The summed E-state index contributed by atoms with van der Waals surface area (Å²) in [7, 11) is 4.37. The lowest BCUT2D eigenvalue weighted by molar-refractivity contribution is -0.352. The van der Waals surface area contributed by atoms with Crippen LogP contribution in [0.1, 0.15) is 80.1 Å². The van der Waals surface area contributed by atoms with E-state index >= 15 is 0 Å². The molecular formula is C42H66O15. The second-order valence-electron chi connectivity index (χ2n) is 17.2. The van der Waals surface area contributed by atoms with Crippen LogP contribution in [0.3, 0.4) is 0 Å². The maximum Gasteiger partial charge on any atom is 0.309 e. The van der Waals surface area contributed by atoms with Gasteiger partial charge in [-0.25, -0.2) is 0 Å². The highest BCUT2D eigenvalue weighted by Gasteiger charge is 2.58. The monoisotopic (exact) mass is 810 g/mol. The van der Waals surface area contributed by atoms with Crippen LogP contribution >= 0.6 is 0 Å². The van der Waals surface area contributed by atoms with Crippen LogP contribution in [0.25, 0.3) is 0 Å². The molecule has 0 aromatic rings. The highest BCUT2D eigenvalue weighted by molar-refractivity contribution is 5.86. The van der Waals surface area contributed by atoms with E-state index in [0.717, 1.165) is 12.8 Å². The number of aliphatic hydroxyl groups excluding tert-OH is 2. The fourth-order valence-electron chi connectivity index (χ4n) is 8.38. The molecule has 0 aromatic heterocycles. The van der Waals surface area contributed by atoms with Crippen LogP contribution in [0.2, 0.25) is 0 Å². The Labute approximate surface area is 336 Å². The molecule has 15 heteroatoms. The van der Waals surface area contributed by atoms with Crippen molar-refractivity contribution >= 4 is 11.8 Å². The molecule has 57 heavy (non-hydrogen) atoms. The number of esters is 1. The summed E-state index contributed by atoms with van der Waals surface area (Å²) < 4.78 is 60.8. The van der Waals surface area contributed by atoms with Crippen LogP contribution in [0.15, 0.2) is 36.5 Å². The Morgan fingerprint density at radius 2 is 1.47 bits per heavy atom. The van der Waals surface area contributed by atoms with Crippen LogP contribution < -0.4 is 0 Å². The minimum atomic E-state index is -2.07. The van der Waals surface area contributed by atoms with E-state index in [1.807, 2.05) is 58.1 Å². The summed E-state index contributed by atoms with van der Waals surface area (Å²) >= 11 is 0. The predicted molar refractivity (Wildman–Crippen MR) is 205 cm³/mol. The second-order valence-corrected chi connectivity index (χ2v) is 17.2. The summed E-state index contributed by atoms with van der Waals surface area (Å²) in [5, 5.41) is 33.3. The molecule has 0 radical (unpaired) electrons. The van der Waals surface area contributed by atoms with Crippen LogP contribution in [0.5, 0.6) is 0 Å². The van der Waals surface area contributed by atoms with Crippen LogP contribution in [0, 0.1) is 16.7 Å². The normalized spacial score (nSPS) is 42.9. The van der Waals surface area contributed by atoms with Crippen molar-refractivity contribution in [1.29, 1.82) is 0 Å². The zero-order valence-corrected chi connectivity index (χ0v) is 34.9. The largest absolute Gasteiger partial charge is 0.457 e. The third kappa shape index (κ3) is 10.1. The number of cyclic esters (lactones) is 1. The molecule has 15 nitrogen and oxygen atoms in total. The molecule has 5 rings (SSSR count). The van der Waals surface area contributed by atoms with E-state index in [4.69, 9.17) is 47.4 Å². The van der Waals surface area contributed by atoms with Gasteiger partial charge in [0.1, 0.15) is 42.7 Å². The first kappa shape index (κ1) is 46.0. The zero-order valence-electron chi connectivity index (χ0n) is 34.9. The second kappa shape index (κ2) is 19.5. The molecule has 5 aliphatic rings. The molecule has 0 aromatic carbocycles. The molecule has 5 fully saturated rings. The molecule has 5 saturated heterocycles. The average Bonchev–Trinajstić information content (AvgIpc) is 3.49. The van der Waals surface area contributed by atoms with E-state index in [1.54, 1.807) is 6.92 Å². The van der Waals surface area contributed by atoms with Crippen molar-refractivity contribution in [3.63, 3.8) is 0 Å². The van der Waals surface area contributed by atoms with Gasteiger partial charge in [-0.05, 0) is 18.9 Å². The maximum atomic E-state index is 14.1. The molecule has 4 bridgehead atoms. The molecule has 0 aliphatic carbocycles. The Hall–Kier alpha value is -2.12. The molecule has 5 aliphatic heterocycles. The van der Waals surface area contributed by atoms with Gasteiger partial charge in [0.25, 0.3) is 0 Å². The van der Waals surface area contributed by atoms with E-state index in [-0.39, 0.29) is 32.5 Å². The number of allylic oxidation sites excluding steroid dienone is 5. The number of unbranched alkanes of at least 4 members (excludes halogenated alkanes) is 1. The van der Waals surface area contributed by atoms with Crippen LogP contribution in [-0.4, -0.2) is 147 Å². The van der Waals surface area contributed by atoms with Crippen LogP contribution in [0.4, 0.5) is 0 Å². The van der Waals surface area contributed by atoms with Gasteiger partial charge in [-0.2, -0.15) is 0 Å². The minimum absolute atomic E-state index is 0.0140. The first-order valence-electron chi connectivity index (χ1n) is 20.3. The van der Waals surface area contributed by atoms with Crippen LogP contribution in [-0.2, 0) is 57.0 Å². The number of hydrogen-bond acceptors (Lipinski definition) is 15. The minimum Gasteiger partial charge on any atom is -0.457 e. The standard InChI is InChI=1S/C42H66O15/c1-10-11-12-13-14-15-16-17-29-40(3,4)32-18-24(2)42(47,57-32)28(43)19-25-20-30(41(5,6)31(53-25)21-33(44)54-29)55-39-37(50-9)36(27(49-8)23-52-39)56-38-35(46)34(45)26(48-7)22-51-38/h12-17,24-27,29-32,34-39,45-47H,10-11,18-23H2,1-9H3. The number of carbonyl (C=O) groups excluding carboxylic acids is 2. The number of ether oxygens (including phenoxy) is 10. The van der Waals surface area contributed by atoms with Crippen molar-refractivity contribution in [1.82, 2.24) is 0 Å². The fraction of sp³-hybridized carbons (Fsp3) is 0.810. The maximum absolute atomic E-state index is 14.1. The lowest BCUT2D eigenvalue weighted by Crippen LogP contribution is -2.62. The van der Waals surface area contributed by atoms with Crippen molar-refractivity contribution in [2.75, 3.05) is 34.5 Å². The third-order valence-corrected chi connectivity index (χ3v) is 12.5. The lowest BCUT2D eigenvalue weighted by atomic mass is 9.73. The van der Waals surface area contributed by atoms with E-state index in [2.05, 4.69) is 13.0 Å². The average molecular weight is 811 g/mol. The van der Waals surface area contributed by atoms with Gasteiger partial charge in [0, 0.05) is 50.9 Å². The van der Waals surface area contributed by atoms with Crippen molar-refractivity contribution < 1.29 is 72.3 Å². The van der Waals surface area contributed by atoms with Gasteiger partial charge in [-0.1, -0.05) is 78.3 Å². The number of Topliss-reactive ketones (excluding diaryl/α,β-unsaturated/α-hetero) is 1. The zero-order chi connectivity index (χ0) is 41.7. The highest BCUT2D eigenvalue weighted by atomic mass is 16.7. The summed E-state index contributed by atoms with van der Waals surface area (Å²) in [6.45, 7) is 11.6. The topological polar surface area (TPSA) is 187 Å². The first-order valence-corrected chi connectivity index (χ1v) is 20.3. The first-order chi connectivity index (χ1) is 27.0. The van der Waals surface area contributed by atoms with E-state index < -0.39 is 114 Å². The Kier molecular flexibility index (Phi) is 15.7. The molecule has 324 valence electrons. The molecule has 15 atom stereocenters. The Morgan fingerprint density at radius 1 is 0.789 bits per heavy atom. The Morgan fingerprint density at radius 3 is 2.16 bits per heavy atom. The number of methoxy groups -OCH3 is 3. The van der Waals surface area contributed by atoms with Gasteiger partial charge in [0.15, 0.2) is 18.4 Å². The van der Waals surface area contributed by atoms with Crippen molar-refractivity contribution in [3.05, 3.63) is 36.5 Å².